The van der Waals surface area contributed by atoms with Gasteiger partial charge < -0.3 is 24.9 Å². The van der Waals surface area contributed by atoms with Crippen molar-refractivity contribution in [1.29, 1.82) is 0 Å². The number of aromatic amines is 2. The van der Waals surface area contributed by atoms with Crippen LogP contribution in [0.5, 0.6) is 5.75 Å². The summed E-state index contributed by atoms with van der Waals surface area (Å²) in [4.78, 5) is 31.1. The van der Waals surface area contributed by atoms with Crippen molar-refractivity contribution in [2.24, 2.45) is 5.92 Å². The Bertz CT molecular complexity index is 1240. The van der Waals surface area contributed by atoms with Crippen LogP contribution in [0.4, 0.5) is 33.3 Å². The van der Waals surface area contributed by atoms with E-state index in [1.165, 1.54) is 18.5 Å². The van der Waals surface area contributed by atoms with Crippen LogP contribution in [-0.4, -0.2) is 41.7 Å². The number of nitrogens with one attached hydrogen (secondary N) is 3. The fourth-order valence-corrected chi connectivity index (χ4v) is 3.92. The van der Waals surface area contributed by atoms with Crippen molar-refractivity contribution in [3.8, 4) is 5.75 Å². The molecule has 1 fully saturated rings. The maximum Gasteiger partial charge on any atom is 0.393 e. The smallest absolute Gasteiger partial charge is 0.393 e. The Hall–Kier alpha value is -3.57. The van der Waals surface area contributed by atoms with Gasteiger partial charge in [0.1, 0.15) is 11.6 Å². The molecule has 0 spiro atoms. The molecule has 2 unspecified atom stereocenters. The number of carbonyl (C=O) groups excluding carboxylic acids is 1. The third-order valence-electron chi connectivity index (χ3n) is 5.48. The number of nitrogens with zero attached hydrogens (tertiary/aromatic N) is 1. The number of ether oxygens (including phenoxy) is 1. The van der Waals surface area contributed by atoms with Gasteiger partial charge in [0.15, 0.2) is 11.6 Å². The van der Waals surface area contributed by atoms with Gasteiger partial charge in [0.25, 0.3) is 5.56 Å². The highest BCUT2D eigenvalue weighted by Gasteiger charge is 2.50. The summed E-state index contributed by atoms with van der Waals surface area (Å²) >= 11 is 0. The number of fused-ring (bicyclic) bond motifs is 1. The lowest BCUT2D eigenvalue weighted by atomic mass is 10.0. The van der Waals surface area contributed by atoms with Gasteiger partial charge in [-0.1, -0.05) is 0 Å². The summed E-state index contributed by atoms with van der Waals surface area (Å²) in [6.45, 7) is -0.642. The number of rotatable bonds is 4. The summed E-state index contributed by atoms with van der Waals surface area (Å²) in [5.41, 5.74) is -0.229. The molecular weight excluding hydrogens is 439 g/mol. The number of benzene rings is 1. The zero-order valence-electron chi connectivity index (χ0n) is 16.5. The highest BCUT2D eigenvalue weighted by atomic mass is 19.4. The van der Waals surface area contributed by atoms with E-state index in [-0.39, 0.29) is 16.9 Å². The highest BCUT2D eigenvalue weighted by Crippen LogP contribution is 2.43. The molecule has 0 radical (unpaired) electrons. The second kappa shape index (κ2) is 7.84. The maximum absolute atomic E-state index is 14.2. The van der Waals surface area contributed by atoms with E-state index >= 15 is 0 Å². The molecule has 2 aromatic heterocycles. The van der Waals surface area contributed by atoms with Crippen molar-refractivity contribution < 1.29 is 31.5 Å². The van der Waals surface area contributed by atoms with Gasteiger partial charge in [-0.15, -0.1) is 0 Å². The normalized spacial score (nSPS) is 18.9. The Kier molecular flexibility index (Phi) is 5.31. The van der Waals surface area contributed by atoms with Gasteiger partial charge in [-0.25, -0.2) is 4.39 Å². The number of alkyl halides is 3. The molecule has 4 rings (SSSR count). The van der Waals surface area contributed by atoms with Gasteiger partial charge in [-0.05, 0) is 24.6 Å². The number of carbonyl (C=O) groups is 1. The second-order valence-corrected chi connectivity index (χ2v) is 7.34. The van der Waals surface area contributed by atoms with Gasteiger partial charge in [-0.3, -0.25) is 9.59 Å². The molecule has 1 saturated heterocycles. The zero-order chi connectivity index (χ0) is 23.2. The number of methoxy groups -OCH3 is 1. The summed E-state index contributed by atoms with van der Waals surface area (Å²) in [5.74, 6) is -5.87. The largest absolute Gasteiger partial charge is 0.491 e. The minimum Gasteiger partial charge on any atom is -0.491 e. The second-order valence-electron chi connectivity index (χ2n) is 7.34. The van der Waals surface area contributed by atoms with Gasteiger partial charge >= 0.3 is 6.18 Å². The van der Waals surface area contributed by atoms with Crippen molar-refractivity contribution in [1.82, 2.24) is 9.97 Å². The number of hydrogen-bond donors (Lipinski definition) is 3. The zero-order valence-corrected chi connectivity index (χ0v) is 16.5. The highest BCUT2D eigenvalue weighted by molar-refractivity contribution is 6.04. The van der Waals surface area contributed by atoms with E-state index in [0.717, 1.165) is 24.1 Å². The lowest BCUT2D eigenvalue weighted by molar-refractivity contribution is -0.168. The van der Waals surface area contributed by atoms with Gasteiger partial charge in [-0.2, -0.15) is 17.6 Å². The Morgan fingerprint density at radius 2 is 1.97 bits per heavy atom. The Morgan fingerprint density at radius 3 is 2.66 bits per heavy atom. The first kappa shape index (κ1) is 21.7. The van der Waals surface area contributed by atoms with E-state index < -0.39 is 60.0 Å². The van der Waals surface area contributed by atoms with E-state index in [1.54, 1.807) is 0 Å². The fraction of sp³-hybridized carbons (Fsp3) is 0.300. The van der Waals surface area contributed by atoms with Gasteiger partial charge in [0.2, 0.25) is 11.7 Å². The van der Waals surface area contributed by atoms with Crippen LogP contribution < -0.4 is 20.5 Å². The van der Waals surface area contributed by atoms with Crippen LogP contribution in [0.15, 0.2) is 35.4 Å². The minimum absolute atomic E-state index is 0.173. The molecule has 2 atom stereocenters. The number of halogens is 5. The number of amides is 1. The van der Waals surface area contributed by atoms with Crippen LogP contribution in [0.1, 0.15) is 6.42 Å². The lowest BCUT2D eigenvalue weighted by Gasteiger charge is -2.27. The summed E-state index contributed by atoms with van der Waals surface area (Å²) in [5, 5.41) is 2.89. The topological polar surface area (TPSA) is 90.2 Å². The van der Waals surface area contributed by atoms with Gasteiger partial charge in [0.05, 0.1) is 24.4 Å². The molecule has 1 aliphatic rings. The Balaban J connectivity index is 1.71. The molecule has 7 nitrogen and oxygen atoms in total. The summed E-state index contributed by atoms with van der Waals surface area (Å²) < 4.78 is 73.1. The molecule has 3 aromatic rings. The predicted molar refractivity (Wildman–Crippen MR) is 106 cm³/mol. The van der Waals surface area contributed by atoms with E-state index in [9.17, 15) is 31.5 Å². The Morgan fingerprint density at radius 1 is 1.22 bits per heavy atom. The Labute approximate surface area is 177 Å². The summed E-state index contributed by atoms with van der Waals surface area (Å²) in [7, 11) is 1.05. The van der Waals surface area contributed by atoms with Crippen molar-refractivity contribution in [3.63, 3.8) is 0 Å². The minimum atomic E-state index is -4.60. The molecule has 3 heterocycles. The van der Waals surface area contributed by atoms with Crippen LogP contribution >= 0.6 is 0 Å². The van der Waals surface area contributed by atoms with Crippen LogP contribution in [0.2, 0.25) is 0 Å². The number of aromatic nitrogens is 2. The van der Waals surface area contributed by atoms with Crippen LogP contribution in [0.25, 0.3) is 10.9 Å². The molecule has 1 aromatic carbocycles. The lowest BCUT2D eigenvalue weighted by Crippen LogP contribution is -2.40. The van der Waals surface area contributed by atoms with E-state index in [4.69, 9.17) is 4.74 Å². The number of anilines is 2. The number of H-pyrrole nitrogens is 2. The first-order valence-electron chi connectivity index (χ1n) is 9.46. The molecule has 1 amide bonds. The first-order valence-corrected chi connectivity index (χ1v) is 9.46. The van der Waals surface area contributed by atoms with E-state index in [2.05, 4.69) is 15.3 Å². The average molecular weight is 456 g/mol. The third kappa shape index (κ3) is 3.65. The predicted octanol–water partition coefficient (Wildman–Crippen LogP) is 3.54. The van der Waals surface area contributed by atoms with Gasteiger partial charge in [0, 0.05) is 24.3 Å². The summed E-state index contributed by atoms with van der Waals surface area (Å²) in [6.07, 6.45) is -2.49. The van der Waals surface area contributed by atoms with Crippen molar-refractivity contribution >= 4 is 28.2 Å². The SMILES string of the molecule is COc1c(N2CC(C(F)(F)F)CC2C(=O)Nc2c[nH]c3c(=O)[nH]ccc23)ccc(F)c1F. The molecule has 12 heteroatoms. The molecule has 0 aliphatic carbocycles. The monoisotopic (exact) mass is 456 g/mol. The molecule has 0 saturated carbocycles. The molecule has 1 aliphatic heterocycles. The molecule has 32 heavy (non-hydrogen) atoms. The van der Waals surface area contributed by atoms with Crippen LogP contribution in [-0.2, 0) is 4.79 Å². The van der Waals surface area contributed by atoms with Crippen LogP contribution in [0.3, 0.4) is 0 Å². The van der Waals surface area contributed by atoms with Crippen molar-refractivity contribution in [2.75, 3.05) is 23.9 Å². The average Bonchev–Trinajstić information content (AvgIpc) is 3.35. The quantitative estimate of drug-likeness (QED) is 0.524. The standard InChI is InChI=1S/C20H17F5N4O3/c1-32-17-13(3-2-11(21)15(17)22)29-8-9(20(23,24)25)6-14(29)18(30)28-12-7-27-16-10(12)4-5-26-19(16)31/h2-5,7,9,14,27H,6,8H2,1H3,(H,26,31)(H,28,30). The number of hydrogen-bond acceptors (Lipinski definition) is 4. The molecule has 0 bridgehead atoms. The molecule has 3 N–H and O–H groups in total. The van der Waals surface area contributed by atoms with Crippen molar-refractivity contribution in [3.05, 3.63) is 52.6 Å². The number of pyridine rings is 1. The molecule has 170 valence electrons. The first-order chi connectivity index (χ1) is 15.1. The van der Waals surface area contributed by atoms with Crippen LogP contribution in [0, 0.1) is 17.6 Å². The maximum atomic E-state index is 14.2. The molecular formula is C20H17F5N4O3. The fourth-order valence-electron chi connectivity index (χ4n) is 3.92. The van der Waals surface area contributed by atoms with E-state index in [0.29, 0.717) is 5.39 Å². The third-order valence-corrected chi connectivity index (χ3v) is 5.48. The van der Waals surface area contributed by atoms with Crippen molar-refractivity contribution in [2.45, 2.75) is 18.6 Å². The summed E-state index contributed by atoms with van der Waals surface area (Å²) in [6, 6.07) is 2.00. The van der Waals surface area contributed by atoms with E-state index in [1.807, 2.05) is 0 Å².